The summed E-state index contributed by atoms with van der Waals surface area (Å²) in [7, 11) is 0. The van der Waals surface area contributed by atoms with E-state index in [0.29, 0.717) is 22.4 Å². The smallest absolute Gasteiger partial charge is 0.277 e. The maximum atomic E-state index is 12.7. The Morgan fingerprint density at radius 2 is 1.71 bits per heavy atom. The molecule has 0 aliphatic heterocycles. The van der Waals surface area contributed by atoms with Crippen LogP contribution in [0.15, 0.2) is 58.2 Å². The third kappa shape index (κ3) is 6.42. The molecule has 0 spiro atoms. The first-order valence-electron chi connectivity index (χ1n) is 9.95. The first kappa shape index (κ1) is 22.6. The molecule has 1 atom stereocenters. The highest BCUT2D eigenvalue weighted by molar-refractivity contribution is 8.00. The van der Waals surface area contributed by atoms with Crippen LogP contribution in [0.2, 0.25) is 0 Å². The minimum absolute atomic E-state index is 0.0672. The van der Waals surface area contributed by atoms with Crippen LogP contribution in [0.25, 0.3) is 0 Å². The van der Waals surface area contributed by atoms with Gasteiger partial charge in [-0.15, -0.1) is 10.2 Å². The van der Waals surface area contributed by atoms with Gasteiger partial charge in [0.15, 0.2) is 12.4 Å². The average Bonchev–Trinajstić information content (AvgIpc) is 3.20. The van der Waals surface area contributed by atoms with Gasteiger partial charge in [-0.2, -0.15) is 0 Å². The Hall–Kier alpha value is -3.13. The van der Waals surface area contributed by atoms with Crippen molar-refractivity contribution in [1.82, 2.24) is 10.2 Å². The lowest BCUT2D eigenvalue weighted by atomic mass is 10.1. The van der Waals surface area contributed by atoms with Crippen molar-refractivity contribution in [2.75, 3.05) is 5.32 Å². The predicted octanol–water partition coefficient (Wildman–Crippen LogP) is 4.92. The van der Waals surface area contributed by atoms with Crippen LogP contribution in [0.5, 0.6) is 5.75 Å². The van der Waals surface area contributed by atoms with Gasteiger partial charge in [0.25, 0.3) is 11.1 Å². The first-order valence-corrected chi connectivity index (χ1v) is 10.8. The molecule has 8 heteroatoms. The van der Waals surface area contributed by atoms with Crippen LogP contribution in [0, 0.1) is 12.8 Å². The largest absolute Gasteiger partial charge is 0.484 e. The number of ether oxygens (including phenoxy) is 1. The standard InChI is InChI=1S/C23H25N3O4S/c1-14(2)22(28)24-18-9-7-17(8-10-18)21(27)16(4)31-23-26-25-20(30-23)13-29-19-11-5-15(3)6-12-19/h5-12,14,16H,13H2,1-4H3,(H,24,28). The number of thioether (sulfide) groups is 1. The third-order valence-electron chi connectivity index (χ3n) is 4.44. The number of anilines is 1. The van der Waals surface area contributed by atoms with Crippen molar-refractivity contribution in [3.63, 3.8) is 0 Å². The molecule has 1 amide bonds. The molecule has 2 aromatic carbocycles. The molecule has 1 unspecified atom stereocenters. The number of aromatic nitrogens is 2. The molecule has 1 aromatic heterocycles. The second kappa shape index (κ2) is 10.3. The van der Waals surface area contributed by atoms with E-state index in [1.165, 1.54) is 11.8 Å². The Kier molecular flexibility index (Phi) is 7.46. The van der Waals surface area contributed by atoms with Crippen molar-refractivity contribution >= 4 is 29.1 Å². The molecule has 0 bridgehead atoms. The molecule has 7 nitrogen and oxygen atoms in total. The summed E-state index contributed by atoms with van der Waals surface area (Å²) >= 11 is 1.19. The van der Waals surface area contributed by atoms with Crippen LogP contribution >= 0.6 is 11.8 Å². The quantitative estimate of drug-likeness (QED) is 0.374. The SMILES string of the molecule is Cc1ccc(OCc2nnc(SC(C)C(=O)c3ccc(NC(=O)C(C)C)cc3)o2)cc1. The Morgan fingerprint density at radius 1 is 1.03 bits per heavy atom. The van der Waals surface area contributed by atoms with Crippen molar-refractivity contribution in [1.29, 1.82) is 0 Å². The van der Waals surface area contributed by atoms with Crippen LogP contribution < -0.4 is 10.1 Å². The highest BCUT2D eigenvalue weighted by Crippen LogP contribution is 2.25. The lowest BCUT2D eigenvalue weighted by Gasteiger charge is -2.10. The fourth-order valence-corrected chi connectivity index (χ4v) is 3.35. The first-order chi connectivity index (χ1) is 14.8. The number of amides is 1. The van der Waals surface area contributed by atoms with Crippen LogP contribution in [0.1, 0.15) is 42.6 Å². The minimum atomic E-state index is -0.414. The van der Waals surface area contributed by atoms with Gasteiger partial charge in [0.1, 0.15) is 5.75 Å². The Labute approximate surface area is 185 Å². The molecular weight excluding hydrogens is 414 g/mol. The van der Waals surface area contributed by atoms with Crippen LogP contribution in [0.4, 0.5) is 5.69 Å². The zero-order chi connectivity index (χ0) is 22.4. The summed E-state index contributed by atoms with van der Waals surface area (Å²) in [6.45, 7) is 7.59. The monoisotopic (exact) mass is 439 g/mol. The van der Waals surface area contributed by atoms with Crippen LogP contribution in [-0.4, -0.2) is 27.1 Å². The summed E-state index contributed by atoms with van der Waals surface area (Å²) in [6, 6.07) is 14.5. The van der Waals surface area contributed by atoms with E-state index >= 15 is 0 Å². The van der Waals surface area contributed by atoms with Crippen molar-refractivity contribution in [2.24, 2.45) is 5.92 Å². The van der Waals surface area contributed by atoms with Crippen molar-refractivity contribution < 1.29 is 18.7 Å². The molecule has 1 heterocycles. The van der Waals surface area contributed by atoms with Crippen molar-refractivity contribution in [3.8, 4) is 5.75 Å². The van der Waals surface area contributed by atoms with Gasteiger partial charge in [-0.1, -0.05) is 43.3 Å². The van der Waals surface area contributed by atoms with E-state index in [9.17, 15) is 9.59 Å². The highest BCUT2D eigenvalue weighted by Gasteiger charge is 2.20. The molecule has 0 radical (unpaired) electrons. The molecule has 0 aliphatic rings. The van der Waals surface area contributed by atoms with Crippen LogP contribution in [0.3, 0.4) is 0 Å². The lowest BCUT2D eigenvalue weighted by Crippen LogP contribution is -2.18. The summed E-state index contributed by atoms with van der Waals surface area (Å²) in [5.74, 6) is 0.811. The molecule has 3 aromatic rings. The van der Waals surface area contributed by atoms with E-state index in [0.717, 1.165) is 11.3 Å². The topological polar surface area (TPSA) is 94.3 Å². The summed E-state index contributed by atoms with van der Waals surface area (Å²) in [5, 5.41) is 10.7. The zero-order valence-corrected chi connectivity index (χ0v) is 18.7. The summed E-state index contributed by atoms with van der Waals surface area (Å²) < 4.78 is 11.2. The van der Waals surface area contributed by atoms with E-state index in [1.807, 2.05) is 45.0 Å². The molecule has 1 N–H and O–H groups in total. The van der Waals surface area contributed by atoms with E-state index in [2.05, 4.69) is 15.5 Å². The number of Topliss-reactive ketones (excluding diaryl/α,β-unsaturated/α-hetero) is 1. The van der Waals surface area contributed by atoms with E-state index < -0.39 is 5.25 Å². The second-order valence-corrected chi connectivity index (χ2v) is 8.70. The molecule has 31 heavy (non-hydrogen) atoms. The van der Waals surface area contributed by atoms with Gasteiger partial charge in [0, 0.05) is 17.2 Å². The molecule has 0 fully saturated rings. The number of carbonyl (C=O) groups is 2. The molecule has 0 aliphatic carbocycles. The molecule has 3 rings (SSSR count). The number of benzene rings is 2. The fourth-order valence-electron chi connectivity index (χ4n) is 2.57. The number of hydrogen-bond acceptors (Lipinski definition) is 7. The van der Waals surface area contributed by atoms with Gasteiger partial charge in [-0.25, -0.2) is 0 Å². The molecule has 162 valence electrons. The second-order valence-electron chi connectivity index (χ2n) is 7.41. The van der Waals surface area contributed by atoms with E-state index in [4.69, 9.17) is 9.15 Å². The minimum Gasteiger partial charge on any atom is -0.484 e. The number of nitrogens with zero attached hydrogens (tertiary/aromatic N) is 2. The van der Waals surface area contributed by atoms with Crippen LogP contribution in [-0.2, 0) is 11.4 Å². The fraction of sp³-hybridized carbons (Fsp3) is 0.304. The normalized spacial score (nSPS) is 11.9. The number of nitrogens with one attached hydrogen (secondary N) is 1. The Bertz CT molecular complexity index is 1030. The predicted molar refractivity (Wildman–Crippen MR) is 119 cm³/mol. The van der Waals surface area contributed by atoms with Crippen molar-refractivity contribution in [2.45, 2.75) is 44.8 Å². The number of aryl methyl sites for hydroxylation is 1. The average molecular weight is 440 g/mol. The number of rotatable bonds is 9. The van der Waals surface area contributed by atoms with Gasteiger partial charge in [0.05, 0.1) is 5.25 Å². The lowest BCUT2D eigenvalue weighted by molar-refractivity contribution is -0.118. The zero-order valence-electron chi connectivity index (χ0n) is 17.9. The number of ketones is 1. The van der Waals surface area contributed by atoms with E-state index in [1.54, 1.807) is 31.2 Å². The van der Waals surface area contributed by atoms with Gasteiger partial charge >= 0.3 is 0 Å². The third-order valence-corrected chi connectivity index (χ3v) is 5.37. The van der Waals surface area contributed by atoms with E-state index in [-0.39, 0.29) is 24.2 Å². The van der Waals surface area contributed by atoms with Gasteiger partial charge in [0.2, 0.25) is 5.91 Å². The van der Waals surface area contributed by atoms with Gasteiger partial charge < -0.3 is 14.5 Å². The Morgan fingerprint density at radius 3 is 2.35 bits per heavy atom. The summed E-state index contributed by atoms with van der Waals surface area (Å²) in [6.07, 6.45) is 0. The number of carbonyl (C=O) groups excluding carboxylic acids is 2. The number of hydrogen-bond donors (Lipinski definition) is 1. The summed E-state index contributed by atoms with van der Waals surface area (Å²) in [4.78, 5) is 24.5. The molecule has 0 saturated heterocycles. The Balaban J connectivity index is 1.53. The van der Waals surface area contributed by atoms with Crippen molar-refractivity contribution in [3.05, 3.63) is 65.5 Å². The molecular formula is C23H25N3O4S. The molecule has 0 saturated carbocycles. The van der Waals surface area contributed by atoms with Gasteiger partial charge in [-0.3, -0.25) is 9.59 Å². The maximum Gasteiger partial charge on any atom is 0.277 e. The maximum absolute atomic E-state index is 12.7. The van der Waals surface area contributed by atoms with Gasteiger partial charge in [-0.05, 0) is 50.2 Å². The highest BCUT2D eigenvalue weighted by atomic mass is 32.2. The summed E-state index contributed by atoms with van der Waals surface area (Å²) in [5.41, 5.74) is 2.35.